The first-order chi connectivity index (χ1) is 9.91. The minimum absolute atomic E-state index is 0.0462. The standard InChI is InChI=1S/C15H13Cl2NO2S/c16-10-5-6-12(17)13(8-10)21(19,20)14-7-9-3-1-2-4-11(9)15(14)18/h1-6,8,14-15H,7,18H2. The van der Waals surface area contributed by atoms with E-state index in [0.717, 1.165) is 11.1 Å². The average molecular weight is 342 g/mol. The molecule has 0 radical (unpaired) electrons. The van der Waals surface area contributed by atoms with Crippen LogP contribution in [-0.4, -0.2) is 13.7 Å². The van der Waals surface area contributed by atoms with Crippen LogP contribution in [0.25, 0.3) is 0 Å². The van der Waals surface area contributed by atoms with Crippen LogP contribution in [0.1, 0.15) is 17.2 Å². The van der Waals surface area contributed by atoms with E-state index in [1.165, 1.54) is 12.1 Å². The monoisotopic (exact) mass is 341 g/mol. The Balaban J connectivity index is 2.07. The molecule has 0 amide bonds. The van der Waals surface area contributed by atoms with Gasteiger partial charge >= 0.3 is 0 Å². The van der Waals surface area contributed by atoms with Crippen LogP contribution < -0.4 is 5.73 Å². The van der Waals surface area contributed by atoms with Crippen LogP contribution in [-0.2, 0) is 16.3 Å². The number of halogens is 2. The number of hydrogen-bond donors (Lipinski definition) is 1. The molecule has 2 unspecified atom stereocenters. The van der Waals surface area contributed by atoms with Gasteiger partial charge in [0.05, 0.1) is 15.2 Å². The highest BCUT2D eigenvalue weighted by molar-refractivity contribution is 7.92. The first-order valence-corrected chi connectivity index (χ1v) is 8.74. The fourth-order valence-corrected chi connectivity index (χ4v) is 5.32. The van der Waals surface area contributed by atoms with Crippen LogP contribution in [0.5, 0.6) is 0 Å². The summed E-state index contributed by atoms with van der Waals surface area (Å²) in [5.41, 5.74) is 8.00. The second kappa shape index (κ2) is 5.29. The summed E-state index contributed by atoms with van der Waals surface area (Å²) in [6.07, 6.45) is 0.391. The Hall–Kier alpha value is -1.07. The number of fused-ring (bicyclic) bond motifs is 1. The van der Waals surface area contributed by atoms with Crippen LogP contribution >= 0.6 is 23.2 Å². The van der Waals surface area contributed by atoms with Crippen molar-refractivity contribution in [3.05, 3.63) is 63.6 Å². The van der Waals surface area contributed by atoms with Gasteiger partial charge in [0, 0.05) is 11.1 Å². The van der Waals surface area contributed by atoms with Gasteiger partial charge in [0.1, 0.15) is 0 Å². The Labute approximate surface area is 133 Å². The molecule has 0 spiro atoms. The molecule has 0 aromatic heterocycles. The van der Waals surface area contributed by atoms with E-state index in [9.17, 15) is 8.42 Å². The maximum absolute atomic E-state index is 12.9. The molecule has 0 saturated heterocycles. The third kappa shape index (κ3) is 2.46. The van der Waals surface area contributed by atoms with Gasteiger partial charge in [0.15, 0.2) is 9.84 Å². The van der Waals surface area contributed by atoms with E-state index < -0.39 is 21.1 Å². The lowest BCUT2D eigenvalue weighted by Gasteiger charge is -2.18. The van der Waals surface area contributed by atoms with Gasteiger partial charge in [-0.3, -0.25) is 0 Å². The van der Waals surface area contributed by atoms with E-state index in [4.69, 9.17) is 28.9 Å². The molecule has 3 nitrogen and oxygen atoms in total. The SMILES string of the molecule is NC1c2ccccc2CC1S(=O)(=O)c1cc(Cl)ccc1Cl. The molecule has 0 fully saturated rings. The minimum Gasteiger partial charge on any atom is -0.323 e. The van der Waals surface area contributed by atoms with Crippen molar-refractivity contribution in [3.63, 3.8) is 0 Å². The van der Waals surface area contributed by atoms with Crippen molar-refractivity contribution in [1.29, 1.82) is 0 Å². The number of sulfone groups is 1. The summed E-state index contributed by atoms with van der Waals surface area (Å²) in [6, 6.07) is 11.4. The Morgan fingerprint density at radius 2 is 1.81 bits per heavy atom. The van der Waals surface area contributed by atoms with Gasteiger partial charge in [-0.1, -0.05) is 47.5 Å². The summed E-state index contributed by atoms with van der Waals surface area (Å²) in [4.78, 5) is 0.0462. The zero-order chi connectivity index (χ0) is 15.2. The predicted molar refractivity (Wildman–Crippen MR) is 84.5 cm³/mol. The molecule has 2 atom stereocenters. The fourth-order valence-electron chi connectivity index (χ4n) is 2.75. The van der Waals surface area contributed by atoms with Crippen LogP contribution in [0, 0.1) is 0 Å². The summed E-state index contributed by atoms with van der Waals surface area (Å²) in [5.74, 6) is 0. The smallest absolute Gasteiger partial charge is 0.184 e. The summed E-state index contributed by atoms with van der Waals surface area (Å²) in [7, 11) is -3.65. The second-order valence-corrected chi connectivity index (χ2v) is 8.07. The normalized spacial score (nSPS) is 21.3. The topological polar surface area (TPSA) is 60.2 Å². The Morgan fingerprint density at radius 1 is 1.10 bits per heavy atom. The predicted octanol–water partition coefficient (Wildman–Crippen LogP) is 3.39. The van der Waals surface area contributed by atoms with Crippen molar-refractivity contribution in [3.8, 4) is 0 Å². The molecule has 1 aliphatic carbocycles. The molecular weight excluding hydrogens is 329 g/mol. The molecule has 110 valence electrons. The zero-order valence-corrected chi connectivity index (χ0v) is 13.3. The quantitative estimate of drug-likeness (QED) is 0.910. The lowest BCUT2D eigenvalue weighted by atomic mass is 10.1. The minimum atomic E-state index is -3.65. The van der Waals surface area contributed by atoms with Gasteiger partial charge < -0.3 is 5.73 Å². The van der Waals surface area contributed by atoms with Crippen molar-refractivity contribution in [2.24, 2.45) is 5.73 Å². The fraction of sp³-hybridized carbons (Fsp3) is 0.200. The molecule has 21 heavy (non-hydrogen) atoms. The van der Waals surface area contributed by atoms with Crippen molar-refractivity contribution >= 4 is 33.0 Å². The maximum Gasteiger partial charge on any atom is 0.184 e. The second-order valence-electron chi connectivity index (χ2n) is 5.09. The van der Waals surface area contributed by atoms with Gasteiger partial charge in [-0.15, -0.1) is 0 Å². The Morgan fingerprint density at radius 3 is 2.52 bits per heavy atom. The van der Waals surface area contributed by atoms with Gasteiger partial charge in [0.2, 0.25) is 0 Å². The molecule has 0 aliphatic heterocycles. The van der Waals surface area contributed by atoms with E-state index in [1.54, 1.807) is 6.07 Å². The summed E-state index contributed by atoms with van der Waals surface area (Å²) < 4.78 is 25.7. The first kappa shape index (κ1) is 14.9. The molecule has 1 aliphatic rings. The Kier molecular flexibility index (Phi) is 3.74. The summed E-state index contributed by atoms with van der Waals surface area (Å²) in [6.45, 7) is 0. The molecule has 2 aromatic rings. The largest absolute Gasteiger partial charge is 0.323 e. The molecule has 2 N–H and O–H groups in total. The molecule has 0 saturated carbocycles. The Bertz CT molecular complexity index is 805. The van der Waals surface area contributed by atoms with E-state index in [-0.39, 0.29) is 9.92 Å². The number of rotatable bonds is 2. The summed E-state index contributed by atoms with van der Waals surface area (Å²) >= 11 is 11.9. The highest BCUT2D eigenvalue weighted by Gasteiger charge is 2.40. The molecular formula is C15H13Cl2NO2S. The number of nitrogens with two attached hydrogens (primary N) is 1. The third-order valence-corrected chi connectivity index (χ3v) is 6.72. The van der Waals surface area contributed by atoms with Crippen molar-refractivity contribution in [2.45, 2.75) is 22.6 Å². The first-order valence-electron chi connectivity index (χ1n) is 6.43. The molecule has 2 aromatic carbocycles. The highest BCUT2D eigenvalue weighted by Crippen LogP contribution is 2.38. The van der Waals surface area contributed by atoms with Crippen LogP contribution in [0.3, 0.4) is 0 Å². The van der Waals surface area contributed by atoms with Crippen LogP contribution in [0.15, 0.2) is 47.4 Å². The van der Waals surface area contributed by atoms with Gasteiger partial charge in [-0.25, -0.2) is 8.42 Å². The lowest BCUT2D eigenvalue weighted by Crippen LogP contribution is -2.31. The van der Waals surface area contributed by atoms with E-state index in [1.807, 2.05) is 24.3 Å². The molecule has 0 heterocycles. The molecule has 3 rings (SSSR count). The van der Waals surface area contributed by atoms with E-state index in [2.05, 4.69) is 0 Å². The van der Waals surface area contributed by atoms with Gasteiger partial charge in [-0.05, 0) is 35.7 Å². The van der Waals surface area contributed by atoms with Crippen molar-refractivity contribution in [1.82, 2.24) is 0 Å². The average Bonchev–Trinajstić information content (AvgIpc) is 2.80. The summed E-state index contributed by atoms with van der Waals surface area (Å²) in [5, 5.41) is -0.213. The van der Waals surface area contributed by atoms with Gasteiger partial charge in [-0.2, -0.15) is 0 Å². The molecule has 0 bridgehead atoms. The van der Waals surface area contributed by atoms with E-state index >= 15 is 0 Å². The van der Waals surface area contributed by atoms with Crippen LogP contribution in [0.2, 0.25) is 10.0 Å². The van der Waals surface area contributed by atoms with Crippen molar-refractivity contribution in [2.75, 3.05) is 0 Å². The number of hydrogen-bond acceptors (Lipinski definition) is 3. The third-order valence-electron chi connectivity index (χ3n) is 3.83. The lowest BCUT2D eigenvalue weighted by molar-refractivity contribution is 0.565. The number of benzene rings is 2. The van der Waals surface area contributed by atoms with Gasteiger partial charge in [0.25, 0.3) is 0 Å². The van der Waals surface area contributed by atoms with Crippen molar-refractivity contribution < 1.29 is 8.42 Å². The highest BCUT2D eigenvalue weighted by atomic mass is 35.5. The van der Waals surface area contributed by atoms with Crippen LogP contribution in [0.4, 0.5) is 0 Å². The zero-order valence-electron chi connectivity index (χ0n) is 11.0. The maximum atomic E-state index is 12.9. The van der Waals surface area contributed by atoms with E-state index in [0.29, 0.717) is 11.4 Å². The molecule has 6 heteroatoms.